The molecule has 0 spiro atoms. The molecule has 2 N–H and O–H groups in total. The Morgan fingerprint density at radius 3 is 2.12 bits per heavy atom. The Balaban J connectivity index is 3.61. The van der Waals surface area contributed by atoms with Crippen molar-refractivity contribution >= 4 is 35.6 Å². The van der Waals surface area contributed by atoms with Crippen molar-refractivity contribution in [1.29, 1.82) is 0 Å². The Morgan fingerprint density at radius 2 is 1.62 bits per heavy atom. The van der Waals surface area contributed by atoms with Crippen LogP contribution in [0.15, 0.2) is 24.3 Å². The van der Waals surface area contributed by atoms with Crippen LogP contribution in [0.2, 0.25) is 0 Å². The van der Waals surface area contributed by atoms with Gasteiger partial charge in [0.2, 0.25) is 11.8 Å². The normalized spacial score (nSPS) is 13.7. The smallest absolute Gasteiger partial charge is 0.408 e. The van der Waals surface area contributed by atoms with Crippen molar-refractivity contribution in [3.05, 3.63) is 35.4 Å². The van der Waals surface area contributed by atoms with E-state index in [-0.39, 0.29) is 18.5 Å². The summed E-state index contributed by atoms with van der Waals surface area (Å²) in [6, 6.07) is 5.27. The lowest BCUT2D eigenvalue weighted by atomic mass is 9.96. The molecule has 0 aromatic heterocycles. The van der Waals surface area contributed by atoms with Crippen LogP contribution < -0.4 is 10.6 Å². The number of thioether (sulfide) groups is 1. The number of carbonyl (C=O) groups is 4. The third-order valence-electron chi connectivity index (χ3n) is 6.36. The number of benzene rings is 1. The molecule has 0 aliphatic heterocycles. The van der Waals surface area contributed by atoms with Crippen LogP contribution >= 0.6 is 11.8 Å². The summed E-state index contributed by atoms with van der Waals surface area (Å²) in [5.41, 5.74) is 0.969. The molecule has 40 heavy (non-hydrogen) atoms. The molecule has 10 heteroatoms. The molecule has 0 aliphatic carbocycles. The summed E-state index contributed by atoms with van der Waals surface area (Å²) in [7, 11) is 1.25. The van der Waals surface area contributed by atoms with Crippen LogP contribution in [-0.2, 0) is 30.3 Å². The van der Waals surface area contributed by atoms with E-state index < -0.39 is 35.7 Å². The van der Waals surface area contributed by atoms with Crippen LogP contribution in [0.3, 0.4) is 0 Å². The highest BCUT2D eigenvalue weighted by molar-refractivity contribution is 7.98. The molecule has 1 aromatic rings. The van der Waals surface area contributed by atoms with Crippen molar-refractivity contribution in [2.75, 3.05) is 25.7 Å². The second kappa shape index (κ2) is 17.1. The highest BCUT2D eigenvalue weighted by Gasteiger charge is 2.38. The molecule has 1 rings (SSSR count). The maximum absolute atomic E-state index is 14.3. The van der Waals surface area contributed by atoms with Gasteiger partial charge in [0.25, 0.3) is 0 Å². The number of nitrogens with zero attached hydrogens (tertiary/aromatic N) is 1. The third kappa shape index (κ3) is 12.2. The quantitative estimate of drug-likeness (QED) is 0.285. The van der Waals surface area contributed by atoms with Gasteiger partial charge in [-0.05, 0) is 82.4 Å². The van der Waals surface area contributed by atoms with E-state index in [1.54, 1.807) is 37.4 Å². The Kier molecular flexibility index (Phi) is 15.1. The number of hydrogen-bond acceptors (Lipinski definition) is 7. The van der Waals surface area contributed by atoms with Crippen molar-refractivity contribution in [3.8, 4) is 0 Å². The topological polar surface area (TPSA) is 114 Å². The fourth-order valence-corrected chi connectivity index (χ4v) is 4.61. The summed E-state index contributed by atoms with van der Waals surface area (Å²) in [5, 5.41) is 5.41. The maximum atomic E-state index is 14.3. The first kappa shape index (κ1) is 35.3. The highest BCUT2D eigenvalue weighted by atomic mass is 32.2. The predicted octanol–water partition coefficient (Wildman–Crippen LogP) is 4.88. The molecule has 1 aromatic carbocycles. The van der Waals surface area contributed by atoms with Crippen LogP contribution in [0.25, 0.3) is 0 Å². The van der Waals surface area contributed by atoms with Gasteiger partial charge in [-0.25, -0.2) is 4.79 Å². The van der Waals surface area contributed by atoms with E-state index in [4.69, 9.17) is 9.47 Å². The number of ether oxygens (including phenoxy) is 2. The number of alkyl carbamates (subject to hydrolysis) is 1. The second-order valence-electron chi connectivity index (χ2n) is 11.3. The van der Waals surface area contributed by atoms with E-state index in [2.05, 4.69) is 24.5 Å². The van der Waals surface area contributed by atoms with Crippen molar-refractivity contribution in [3.63, 3.8) is 0 Å². The van der Waals surface area contributed by atoms with Gasteiger partial charge in [-0.15, -0.1) is 0 Å². The van der Waals surface area contributed by atoms with Gasteiger partial charge in [0.15, 0.2) is 0 Å². The number of methoxy groups -OCH3 is 1. The van der Waals surface area contributed by atoms with Gasteiger partial charge in [-0.2, -0.15) is 11.8 Å². The van der Waals surface area contributed by atoms with Crippen LogP contribution in [0, 0.1) is 5.92 Å². The minimum absolute atomic E-state index is 0.326. The van der Waals surface area contributed by atoms with Gasteiger partial charge in [-0.1, -0.05) is 45.0 Å². The zero-order chi connectivity index (χ0) is 30.5. The molecule has 0 radical (unpaired) electrons. The molecule has 3 atom stereocenters. The first-order chi connectivity index (χ1) is 18.7. The number of amides is 3. The van der Waals surface area contributed by atoms with Crippen LogP contribution in [0.5, 0.6) is 0 Å². The summed E-state index contributed by atoms with van der Waals surface area (Å²) in [4.78, 5) is 54.3. The van der Waals surface area contributed by atoms with E-state index in [0.29, 0.717) is 30.1 Å². The number of carbonyl (C=O) groups excluding carboxylic acids is 4. The monoisotopic (exact) mass is 579 g/mol. The molecule has 3 unspecified atom stereocenters. The molecule has 0 heterocycles. The lowest BCUT2D eigenvalue weighted by Crippen LogP contribution is -2.56. The summed E-state index contributed by atoms with van der Waals surface area (Å²) >= 11 is 1.56. The first-order valence-corrected chi connectivity index (χ1v) is 15.4. The standard InChI is InChI=1S/C30H49N3O6S/c1-10-22-13-15-23(16-14-22)26(27(35)31-19-25(34)38-8)33(21(4)12-11-20(2)3)28(36)24(17-18-40-9)32-29(37)39-30(5,6)7/h13-16,20-21,24,26H,10-12,17-19H2,1-9H3,(H,31,35)(H,32,37). The highest BCUT2D eigenvalue weighted by Crippen LogP contribution is 2.28. The lowest BCUT2D eigenvalue weighted by Gasteiger charge is -2.39. The number of aryl methyl sites for hydroxylation is 1. The Morgan fingerprint density at radius 1 is 1.00 bits per heavy atom. The predicted molar refractivity (Wildman–Crippen MR) is 160 cm³/mol. The van der Waals surface area contributed by atoms with Crippen molar-refractivity contribution in [2.24, 2.45) is 5.92 Å². The first-order valence-electron chi connectivity index (χ1n) is 14.0. The lowest BCUT2D eigenvalue weighted by molar-refractivity contribution is -0.146. The Bertz CT molecular complexity index is 961. The zero-order valence-corrected chi connectivity index (χ0v) is 26.5. The summed E-state index contributed by atoms with van der Waals surface area (Å²) in [6.07, 6.45) is 3.91. The van der Waals surface area contributed by atoms with Crippen LogP contribution in [-0.4, -0.2) is 72.1 Å². The molecular weight excluding hydrogens is 530 g/mol. The largest absolute Gasteiger partial charge is 0.468 e. The van der Waals surface area contributed by atoms with Gasteiger partial charge >= 0.3 is 12.1 Å². The number of nitrogens with one attached hydrogen (secondary N) is 2. The van der Waals surface area contributed by atoms with Crippen LogP contribution in [0.4, 0.5) is 4.79 Å². The maximum Gasteiger partial charge on any atom is 0.408 e. The van der Waals surface area contributed by atoms with Crippen molar-refractivity contribution in [2.45, 2.75) is 97.9 Å². The van der Waals surface area contributed by atoms with E-state index in [1.165, 1.54) is 7.11 Å². The molecule has 0 saturated carbocycles. The van der Waals surface area contributed by atoms with Crippen LogP contribution in [0.1, 0.15) is 84.9 Å². The molecule has 0 saturated heterocycles. The van der Waals surface area contributed by atoms with Gasteiger partial charge in [0, 0.05) is 6.04 Å². The van der Waals surface area contributed by atoms with Gasteiger partial charge < -0.3 is 25.0 Å². The summed E-state index contributed by atoms with van der Waals surface area (Å²) in [6.45, 7) is 13.1. The molecular formula is C30H49N3O6S. The van der Waals surface area contributed by atoms with E-state index in [1.807, 2.05) is 44.4 Å². The minimum atomic E-state index is -1.03. The molecule has 0 aliphatic rings. The fraction of sp³-hybridized carbons (Fsp3) is 0.667. The average molecular weight is 580 g/mol. The minimum Gasteiger partial charge on any atom is -0.468 e. The van der Waals surface area contributed by atoms with Gasteiger partial charge in [0.1, 0.15) is 24.2 Å². The Labute approximate surface area is 244 Å². The second-order valence-corrected chi connectivity index (χ2v) is 12.3. The SMILES string of the molecule is CCc1ccc(C(C(=O)NCC(=O)OC)N(C(=O)C(CCSC)NC(=O)OC(C)(C)C)C(C)CCC(C)C)cc1. The van der Waals surface area contributed by atoms with E-state index in [9.17, 15) is 19.2 Å². The molecule has 9 nitrogen and oxygen atoms in total. The Hall–Kier alpha value is -2.75. The number of rotatable bonds is 15. The average Bonchev–Trinajstić information content (AvgIpc) is 2.89. The molecule has 3 amide bonds. The molecule has 0 bridgehead atoms. The summed E-state index contributed by atoms with van der Waals surface area (Å²) < 4.78 is 10.2. The van der Waals surface area contributed by atoms with Crippen molar-refractivity contribution < 1.29 is 28.7 Å². The molecule has 226 valence electrons. The fourth-order valence-electron chi connectivity index (χ4n) is 4.14. The van der Waals surface area contributed by atoms with E-state index in [0.717, 1.165) is 18.4 Å². The summed E-state index contributed by atoms with van der Waals surface area (Å²) in [5.74, 6) is -0.468. The van der Waals surface area contributed by atoms with E-state index >= 15 is 0 Å². The van der Waals surface area contributed by atoms with Gasteiger partial charge in [-0.3, -0.25) is 14.4 Å². The third-order valence-corrected chi connectivity index (χ3v) is 7.00. The van der Waals surface area contributed by atoms with Crippen molar-refractivity contribution in [1.82, 2.24) is 15.5 Å². The zero-order valence-electron chi connectivity index (χ0n) is 25.7. The number of esters is 1. The number of hydrogen-bond donors (Lipinski definition) is 2. The molecule has 0 fully saturated rings. The van der Waals surface area contributed by atoms with Gasteiger partial charge in [0.05, 0.1) is 7.11 Å².